The van der Waals surface area contributed by atoms with Crippen LogP contribution in [0.4, 0.5) is 0 Å². The van der Waals surface area contributed by atoms with E-state index in [9.17, 15) is 9.59 Å². The Morgan fingerprint density at radius 2 is 2.35 bits per heavy atom. The number of aromatic nitrogens is 1. The van der Waals surface area contributed by atoms with E-state index in [-0.39, 0.29) is 29.9 Å². The van der Waals surface area contributed by atoms with Crippen LogP contribution < -0.4 is 10.6 Å². The van der Waals surface area contributed by atoms with Crippen molar-refractivity contribution in [3.63, 3.8) is 0 Å². The van der Waals surface area contributed by atoms with Crippen LogP contribution in [0.25, 0.3) is 0 Å². The third-order valence-electron chi connectivity index (χ3n) is 4.37. The van der Waals surface area contributed by atoms with Crippen LogP contribution in [0.1, 0.15) is 29.6 Å². The molecule has 2 fully saturated rings. The first-order valence-corrected chi connectivity index (χ1v) is 7.83. The number of nitrogens with zero attached hydrogens (tertiary/aromatic N) is 3. The smallest absolute Gasteiger partial charge is 0.253 e. The van der Waals surface area contributed by atoms with Gasteiger partial charge in [0.05, 0.1) is 17.7 Å². The molecule has 0 spiro atoms. The Labute approximate surface area is 134 Å². The average molecular weight is 313 g/mol. The van der Waals surface area contributed by atoms with Gasteiger partial charge < -0.3 is 15.5 Å². The van der Waals surface area contributed by atoms with Crippen molar-refractivity contribution in [1.82, 2.24) is 20.5 Å². The summed E-state index contributed by atoms with van der Waals surface area (Å²) in [5, 5.41) is 15.2. The van der Waals surface area contributed by atoms with E-state index in [2.05, 4.69) is 21.7 Å². The second kappa shape index (κ2) is 6.75. The van der Waals surface area contributed by atoms with E-state index in [4.69, 9.17) is 5.26 Å². The molecule has 2 N–H and O–H groups in total. The molecule has 7 heteroatoms. The lowest BCUT2D eigenvalue weighted by Gasteiger charge is -2.23. The van der Waals surface area contributed by atoms with Crippen LogP contribution >= 0.6 is 0 Å². The molecule has 3 atom stereocenters. The van der Waals surface area contributed by atoms with Crippen LogP contribution in [-0.2, 0) is 4.79 Å². The summed E-state index contributed by atoms with van der Waals surface area (Å²) in [7, 11) is 0. The number of rotatable bonds is 3. The Bertz CT molecular complexity index is 627. The second-order valence-corrected chi connectivity index (χ2v) is 5.93. The fraction of sp³-hybridized carbons (Fsp3) is 0.500. The van der Waals surface area contributed by atoms with Gasteiger partial charge in [0.15, 0.2) is 0 Å². The van der Waals surface area contributed by atoms with Gasteiger partial charge in [0.2, 0.25) is 5.91 Å². The van der Waals surface area contributed by atoms with Crippen molar-refractivity contribution in [2.45, 2.75) is 37.4 Å². The summed E-state index contributed by atoms with van der Waals surface area (Å²) in [6.07, 6.45) is 5.29. The number of likely N-dealkylation sites (tertiary alicyclic amines) is 1. The summed E-state index contributed by atoms with van der Waals surface area (Å²) in [4.78, 5) is 30.2. The lowest BCUT2D eigenvalue weighted by Crippen LogP contribution is -2.45. The molecule has 7 nitrogen and oxygen atoms in total. The number of pyridine rings is 1. The molecular weight excluding hydrogens is 294 g/mol. The molecule has 2 aliphatic rings. The summed E-state index contributed by atoms with van der Waals surface area (Å²) in [6.45, 7) is 1.19. The van der Waals surface area contributed by atoms with Crippen LogP contribution in [0.15, 0.2) is 24.5 Å². The predicted octanol–water partition coefficient (Wildman–Crippen LogP) is 0.0565. The third kappa shape index (κ3) is 3.32. The van der Waals surface area contributed by atoms with Gasteiger partial charge in [-0.1, -0.05) is 0 Å². The molecule has 2 amide bonds. The molecule has 0 radical (unpaired) electrons. The lowest BCUT2D eigenvalue weighted by molar-refractivity contribution is -0.133. The summed E-state index contributed by atoms with van der Waals surface area (Å²) in [5.74, 6) is -0.221. The fourth-order valence-corrected chi connectivity index (χ4v) is 3.16. The van der Waals surface area contributed by atoms with E-state index >= 15 is 0 Å². The van der Waals surface area contributed by atoms with E-state index in [1.165, 1.54) is 6.20 Å². The van der Waals surface area contributed by atoms with Gasteiger partial charge in [-0.05, 0) is 31.4 Å². The second-order valence-electron chi connectivity index (χ2n) is 5.93. The predicted molar refractivity (Wildman–Crippen MR) is 82.2 cm³/mol. The van der Waals surface area contributed by atoms with Gasteiger partial charge >= 0.3 is 0 Å². The highest BCUT2D eigenvalue weighted by molar-refractivity contribution is 5.94. The molecule has 23 heavy (non-hydrogen) atoms. The SMILES string of the molecule is N#C[C@@H]1CCCN1C(=O)C1CC(NC(=O)c2cccnc2)CN1. The van der Waals surface area contributed by atoms with E-state index in [1.807, 2.05) is 0 Å². The third-order valence-corrected chi connectivity index (χ3v) is 4.37. The number of carbonyl (C=O) groups is 2. The first-order valence-electron chi connectivity index (χ1n) is 7.83. The van der Waals surface area contributed by atoms with Gasteiger partial charge in [-0.3, -0.25) is 14.6 Å². The summed E-state index contributed by atoms with van der Waals surface area (Å²) < 4.78 is 0. The first-order chi connectivity index (χ1) is 11.2. The molecular formula is C16H19N5O2. The molecule has 0 saturated carbocycles. The van der Waals surface area contributed by atoms with Crippen molar-refractivity contribution in [2.24, 2.45) is 0 Å². The highest BCUT2D eigenvalue weighted by Gasteiger charge is 2.37. The monoisotopic (exact) mass is 313 g/mol. The fourth-order valence-electron chi connectivity index (χ4n) is 3.16. The van der Waals surface area contributed by atoms with Crippen molar-refractivity contribution >= 4 is 11.8 Å². The Kier molecular flexibility index (Phi) is 4.53. The minimum Gasteiger partial charge on any atom is -0.348 e. The van der Waals surface area contributed by atoms with E-state index in [1.54, 1.807) is 23.2 Å². The van der Waals surface area contributed by atoms with Gasteiger partial charge in [-0.2, -0.15) is 5.26 Å². The van der Waals surface area contributed by atoms with Crippen LogP contribution in [0.5, 0.6) is 0 Å². The average Bonchev–Trinajstić information content (AvgIpc) is 3.24. The molecule has 0 bridgehead atoms. The summed E-state index contributed by atoms with van der Waals surface area (Å²) in [6, 6.07) is 4.86. The largest absolute Gasteiger partial charge is 0.348 e. The zero-order valence-electron chi connectivity index (χ0n) is 12.7. The number of amides is 2. The zero-order chi connectivity index (χ0) is 16.2. The van der Waals surface area contributed by atoms with Crippen LogP contribution in [0, 0.1) is 11.3 Å². The van der Waals surface area contributed by atoms with Crippen molar-refractivity contribution in [3.05, 3.63) is 30.1 Å². The number of nitrogens with one attached hydrogen (secondary N) is 2. The normalized spacial score (nSPS) is 26.7. The van der Waals surface area contributed by atoms with E-state index in [0.29, 0.717) is 25.1 Å². The lowest BCUT2D eigenvalue weighted by atomic mass is 10.1. The molecule has 0 aliphatic carbocycles. The van der Waals surface area contributed by atoms with Crippen molar-refractivity contribution < 1.29 is 9.59 Å². The van der Waals surface area contributed by atoms with Gasteiger partial charge in [0.25, 0.3) is 5.91 Å². The molecule has 2 unspecified atom stereocenters. The quantitative estimate of drug-likeness (QED) is 0.822. The Morgan fingerprint density at radius 3 is 3.09 bits per heavy atom. The van der Waals surface area contributed by atoms with Crippen molar-refractivity contribution in [2.75, 3.05) is 13.1 Å². The van der Waals surface area contributed by atoms with Crippen LogP contribution in [0.3, 0.4) is 0 Å². The Morgan fingerprint density at radius 1 is 1.48 bits per heavy atom. The summed E-state index contributed by atoms with van der Waals surface area (Å²) in [5.41, 5.74) is 0.506. The minimum atomic E-state index is -0.330. The minimum absolute atomic E-state index is 0.0350. The zero-order valence-corrected chi connectivity index (χ0v) is 12.7. The first kappa shape index (κ1) is 15.4. The van der Waals surface area contributed by atoms with Gasteiger partial charge in [-0.25, -0.2) is 0 Å². The van der Waals surface area contributed by atoms with Gasteiger partial charge in [0.1, 0.15) is 6.04 Å². The maximum absolute atomic E-state index is 12.5. The Balaban J connectivity index is 1.55. The maximum atomic E-state index is 12.5. The molecule has 1 aromatic rings. The van der Waals surface area contributed by atoms with Crippen molar-refractivity contribution in [1.29, 1.82) is 5.26 Å². The van der Waals surface area contributed by atoms with E-state index < -0.39 is 0 Å². The number of hydrogen-bond donors (Lipinski definition) is 2. The van der Waals surface area contributed by atoms with Crippen molar-refractivity contribution in [3.8, 4) is 6.07 Å². The molecule has 3 rings (SSSR count). The van der Waals surface area contributed by atoms with Crippen LogP contribution in [0.2, 0.25) is 0 Å². The topological polar surface area (TPSA) is 98.1 Å². The molecule has 2 saturated heterocycles. The van der Waals surface area contributed by atoms with Gasteiger partial charge in [-0.15, -0.1) is 0 Å². The Hall–Kier alpha value is -2.46. The highest BCUT2D eigenvalue weighted by Crippen LogP contribution is 2.20. The standard InChI is InChI=1S/C16H19N5O2/c17-8-13-4-2-6-21(13)16(23)14-7-12(10-19-14)20-15(22)11-3-1-5-18-9-11/h1,3,5,9,12-14,19H,2,4,6-7,10H2,(H,20,22)/t12?,13-,14?/m0/s1. The summed E-state index contributed by atoms with van der Waals surface area (Å²) >= 11 is 0. The van der Waals surface area contributed by atoms with Gasteiger partial charge in [0, 0.05) is 31.5 Å². The highest BCUT2D eigenvalue weighted by atomic mass is 16.2. The maximum Gasteiger partial charge on any atom is 0.253 e. The molecule has 0 aromatic carbocycles. The number of hydrogen-bond acceptors (Lipinski definition) is 5. The van der Waals surface area contributed by atoms with Crippen LogP contribution in [-0.4, -0.2) is 52.9 Å². The molecule has 1 aromatic heterocycles. The molecule has 3 heterocycles. The molecule has 2 aliphatic heterocycles. The molecule has 120 valence electrons. The number of nitriles is 1. The number of carbonyl (C=O) groups excluding carboxylic acids is 2. The van der Waals surface area contributed by atoms with E-state index in [0.717, 1.165) is 12.8 Å².